The first kappa shape index (κ1) is 11.5. The van der Waals surface area contributed by atoms with Gasteiger partial charge in [0.25, 0.3) is 5.91 Å². The van der Waals surface area contributed by atoms with Gasteiger partial charge in [-0.3, -0.25) is 10.1 Å². The number of hydrogen-bond donors (Lipinski definition) is 2. The van der Waals surface area contributed by atoms with Crippen LogP contribution in [0.5, 0.6) is 0 Å². The second-order valence-electron chi connectivity index (χ2n) is 3.65. The predicted octanol–water partition coefficient (Wildman–Crippen LogP) is 1.38. The standard InChI is InChI=1S/C10H11N5OS/c1-5-3-6(2)8(11)4-7(5)9(16)12-10-13-14-15-17-10/h3-4H,11H2,1-2H3,(H,12,13,15,16). The number of nitrogens with zero attached hydrogens (tertiary/aromatic N) is 3. The molecule has 2 rings (SSSR count). The number of carbonyl (C=O) groups is 1. The van der Waals surface area contributed by atoms with E-state index < -0.39 is 0 Å². The van der Waals surface area contributed by atoms with Crippen molar-refractivity contribution < 1.29 is 4.79 Å². The number of carbonyl (C=O) groups excluding carboxylic acids is 1. The molecule has 0 bridgehead atoms. The molecule has 0 saturated heterocycles. The summed E-state index contributed by atoms with van der Waals surface area (Å²) in [5.41, 5.74) is 8.73. The van der Waals surface area contributed by atoms with Crippen LogP contribution in [0.25, 0.3) is 0 Å². The van der Waals surface area contributed by atoms with Crippen molar-refractivity contribution in [2.45, 2.75) is 13.8 Å². The van der Waals surface area contributed by atoms with Crippen molar-refractivity contribution >= 4 is 28.3 Å². The lowest BCUT2D eigenvalue weighted by atomic mass is 10.0. The maximum absolute atomic E-state index is 11.9. The van der Waals surface area contributed by atoms with Gasteiger partial charge in [-0.1, -0.05) is 15.7 Å². The Morgan fingerprint density at radius 1 is 1.35 bits per heavy atom. The summed E-state index contributed by atoms with van der Waals surface area (Å²) >= 11 is 1.02. The summed E-state index contributed by atoms with van der Waals surface area (Å²) in [6.07, 6.45) is 0. The fourth-order valence-corrected chi connectivity index (χ4v) is 1.82. The molecule has 1 amide bonds. The van der Waals surface area contributed by atoms with Gasteiger partial charge in [-0.25, -0.2) is 0 Å². The van der Waals surface area contributed by atoms with Crippen molar-refractivity contribution in [3.63, 3.8) is 0 Å². The Morgan fingerprint density at radius 3 is 2.76 bits per heavy atom. The van der Waals surface area contributed by atoms with Crippen LogP contribution in [-0.2, 0) is 0 Å². The summed E-state index contributed by atoms with van der Waals surface area (Å²) in [7, 11) is 0. The lowest BCUT2D eigenvalue weighted by Gasteiger charge is -2.08. The zero-order valence-electron chi connectivity index (χ0n) is 9.39. The summed E-state index contributed by atoms with van der Waals surface area (Å²) < 4.78 is 3.56. The highest BCUT2D eigenvalue weighted by molar-refractivity contribution is 7.09. The van der Waals surface area contributed by atoms with E-state index in [0.717, 1.165) is 22.7 Å². The Bertz CT molecular complexity index is 552. The summed E-state index contributed by atoms with van der Waals surface area (Å²) in [6, 6.07) is 3.54. The van der Waals surface area contributed by atoms with Crippen molar-refractivity contribution in [1.29, 1.82) is 0 Å². The van der Waals surface area contributed by atoms with Gasteiger partial charge in [0.15, 0.2) is 0 Å². The van der Waals surface area contributed by atoms with Gasteiger partial charge in [-0.05, 0) is 36.3 Å². The number of rotatable bonds is 2. The van der Waals surface area contributed by atoms with E-state index in [1.807, 2.05) is 19.9 Å². The van der Waals surface area contributed by atoms with E-state index in [1.165, 1.54) is 0 Å². The number of aryl methyl sites for hydroxylation is 2. The Balaban J connectivity index is 2.28. The highest BCUT2D eigenvalue weighted by Gasteiger charge is 2.12. The first-order valence-corrected chi connectivity index (χ1v) is 5.68. The van der Waals surface area contributed by atoms with Crippen LogP contribution >= 0.6 is 11.5 Å². The SMILES string of the molecule is Cc1cc(C)c(C(=O)Nc2nnns2)cc1N. The smallest absolute Gasteiger partial charge is 0.257 e. The lowest BCUT2D eigenvalue weighted by Crippen LogP contribution is -2.14. The molecule has 3 N–H and O–H groups in total. The van der Waals surface area contributed by atoms with Gasteiger partial charge in [0, 0.05) is 22.8 Å². The number of benzene rings is 1. The molecule has 6 nitrogen and oxygen atoms in total. The van der Waals surface area contributed by atoms with Crippen LogP contribution in [0.1, 0.15) is 21.5 Å². The molecular weight excluding hydrogens is 238 g/mol. The molecular formula is C10H11N5OS. The molecule has 88 valence electrons. The summed E-state index contributed by atoms with van der Waals surface area (Å²) in [4.78, 5) is 11.9. The van der Waals surface area contributed by atoms with Gasteiger partial charge in [0.1, 0.15) is 0 Å². The first-order chi connectivity index (χ1) is 8.08. The summed E-state index contributed by atoms with van der Waals surface area (Å²) in [5, 5.41) is 10.0. The average Bonchev–Trinajstić information content (AvgIpc) is 2.76. The van der Waals surface area contributed by atoms with Crippen molar-refractivity contribution in [2.24, 2.45) is 0 Å². The number of amides is 1. The Labute approximate surface area is 102 Å². The monoisotopic (exact) mass is 249 g/mol. The molecule has 2 aromatic rings. The molecule has 7 heteroatoms. The Kier molecular flexibility index (Phi) is 3.01. The van der Waals surface area contributed by atoms with Crippen LogP contribution in [0.2, 0.25) is 0 Å². The van der Waals surface area contributed by atoms with Crippen LogP contribution in [-0.4, -0.2) is 20.7 Å². The van der Waals surface area contributed by atoms with E-state index in [-0.39, 0.29) is 5.91 Å². The van der Waals surface area contributed by atoms with Crippen LogP contribution in [0, 0.1) is 13.8 Å². The van der Waals surface area contributed by atoms with Crippen LogP contribution in [0.4, 0.5) is 10.8 Å². The van der Waals surface area contributed by atoms with Gasteiger partial charge in [0.2, 0.25) is 5.13 Å². The maximum Gasteiger partial charge on any atom is 0.257 e. The third-order valence-corrected chi connectivity index (χ3v) is 2.89. The minimum atomic E-state index is -0.257. The zero-order chi connectivity index (χ0) is 12.4. The largest absolute Gasteiger partial charge is 0.398 e. The van der Waals surface area contributed by atoms with Crippen molar-refractivity contribution in [3.05, 3.63) is 28.8 Å². The molecule has 0 radical (unpaired) electrons. The normalized spacial score (nSPS) is 10.2. The van der Waals surface area contributed by atoms with E-state index in [4.69, 9.17) is 5.73 Å². The number of hydrogen-bond acceptors (Lipinski definition) is 6. The van der Waals surface area contributed by atoms with Crippen LogP contribution < -0.4 is 11.1 Å². The number of nitrogens with two attached hydrogens (primary N) is 1. The second-order valence-corrected chi connectivity index (χ2v) is 4.38. The highest BCUT2D eigenvalue weighted by Crippen LogP contribution is 2.19. The quantitative estimate of drug-likeness (QED) is 0.784. The van der Waals surface area contributed by atoms with E-state index in [9.17, 15) is 4.79 Å². The van der Waals surface area contributed by atoms with E-state index in [2.05, 4.69) is 20.1 Å². The minimum absolute atomic E-state index is 0.257. The minimum Gasteiger partial charge on any atom is -0.398 e. The molecule has 0 fully saturated rings. The summed E-state index contributed by atoms with van der Waals surface area (Å²) in [5.74, 6) is -0.257. The molecule has 0 aliphatic rings. The highest BCUT2D eigenvalue weighted by atomic mass is 32.1. The number of nitrogen functional groups attached to an aromatic ring is 1. The van der Waals surface area contributed by atoms with Gasteiger partial charge in [-0.2, -0.15) is 0 Å². The first-order valence-electron chi connectivity index (χ1n) is 4.91. The fourth-order valence-electron chi connectivity index (χ4n) is 1.46. The molecule has 1 aromatic heterocycles. The molecule has 0 aliphatic carbocycles. The van der Waals surface area contributed by atoms with E-state index >= 15 is 0 Å². The molecule has 0 aliphatic heterocycles. The van der Waals surface area contributed by atoms with Gasteiger partial charge in [-0.15, -0.1) is 0 Å². The van der Waals surface area contributed by atoms with Crippen LogP contribution in [0.3, 0.4) is 0 Å². The summed E-state index contributed by atoms with van der Waals surface area (Å²) in [6.45, 7) is 3.76. The Morgan fingerprint density at radius 2 is 2.12 bits per heavy atom. The number of nitrogens with one attached hydrogen (secondary N) is 1. The predicted molar refractivity (Wildman–Crippen MR) is 66.0 cm³/mol. The van der Waals surface area contributed by atoms with Crippen molar-refractivity contribution in [2.75, 3.05) is 11.1 Å². The third kappa shape index (κ3) is 2.39. The third-order valence-electron chi connectivity index (χ3n) is 2.38. The maximum atomic E-state index is 11.9. The van der Waals surface area contributed by atoms with E-state index in [0.29, 0.717) is 16.4 Å². The topological polar surface area (TPSA) is 93.8 Å². The van der Waals surface area contributed by atoms with E-state index in [1.54, 1.807) is 6.07 Å². The van der Waals surface area contributed by atoms with Crippen molar-refractivity contribution in [3.8, 4) is 0 Å². The molecule has 17 heavy (non-hydrogen) atoms. The second kappa shape index (κ2) is 4.46. The molecule has 0 saturated carbocycles. The van der Waals surface area contributed by atoms with Gasteiger partial charge in [0.05, 0.1) is 0 Å². The molecule has 0 spiro atoms. The molecule has 0 unspecified atom stereocenters. The number of anilines is 2. The van der Waals surface area contributed by atoms with Gasteiger partial charge < -0.3 is 5.73 Å². The van der Waals surface area contributed by atoms with Gasteiger partial charge >= 0.3 is 0 Å². The molecule has 1 heterocycles. The number of aromatic nitrogens is 3. The lowest BCUT2D eigenvalue weighted by molar-refractivity contribution is 0.102. The zero-order valence-corrected chi connectivity index (χ0v) is 10.2. The fraction of sp³-hybridized carbons (Fsp3) is 0.200. The van der Waals surface area contributed by atoms with Crippen molar-refractivity contribution in [1.82, 2.24) is 14.8 Å². The average molecular weight is 249 g/mol. The molecule has 0 atom stereocenters. The Hall–Kier alpha value is -2.02. The van der Waals surface area contributed by atoms with Crippen LogP contribution in [0.15, 0.2) is 12.1 Å². The molecule has 1 aromatic carbocycles.